The third kappa shape index (κ3) is 32.3. The quantitative estimate of drug-likeness (QED) is 0.0503. The predicted molar refractivity (Wildman–Crippen MR) is 189 cm³/mol. The molecule has 0 aliphatic rings. The van der Waals surface area contributed by atoms with Gasteiger partial charge < -0.3 is 15.5 Å². The van der Waals surface area contributed by atoms with E-state index in [-0.39, 0.29) is 12.5 Å². The highest BCUT2D eigenvalue weighted by atomic mass is 16.3. The maximum atomic E-state index is 12.3. The van der Waals surface area contributed by atoms with E-state index in [1.54, 1.807) is 6.08 Å². The van der Waals surface area contributed by atoms with Gasteiger partial charge in [0.2, 0.25) is 5.91 Å². The van der Waals surface area contributed by atoms with Crippen molar-refractivity contribution >= 4 is 5.91 Å². The normalized spacial score (nSPS) is 13.3. The summed E-state index contributed by atoms with van der Waals surface area (Å²) in [5, 5.41) is 22.9. The molecule has 0 aromatic heterocycles. The number of nitrogens with one attached hydrogen (secondary N) is 1. The van der Waals surface area contributed by atoms with E-state index in [0.717, 1.165) is 31.6 Å². The number of carbonyl (C=O) groups excluding carboxylic acids is 1. The zero-order chi connectivity index (χ0) is 31.6. The summed E-state index contributed by atoms with van der Waals surface area (Å²) in [6.07, 6.45) is 40.2. The summed E-state index contributed by atoms with van der Waals surface area (Å²) >= 11 is 0. The average Bonchev–Trinajstić information content (AvgIpc) is 2.99. The molecule has 2 atom stereocenters. The topological polar surface area (TPSA) is 69.6 Å². The summed E-state index contributed by atoms with van der Waals surface area (Å²) in [4.78, 5) is 12.3. The lowest BCUT2D eigenvalue weighted by Gasteiger charge is -2.20. The van der Waals surface area contributed by atoms with Gasteiger partial charge in [0.05, 0.1) is 18.8 Å². The lowest BCUT2D eigenvalue weighted by molar-refractivity contribution is -0.123. The van der Waals surface area contributed by atoms with E-state index in [4.69, 9.17) is 0 Å². The Bertz CT molecular complexity index is 591. The van der Waals surface area contributed by atoms with Crippen LogP contribution in [0, 0.1) is 5.92 Å². The third-order valence-corrected chi connectivity index (χ3v) is 8.95. The Kier molecular flexibility index (Phi) is 33.3. The summed E-state index contributed by atoms with van der Waals surface area (Å²) in [5.74, 6) is 0.760. The van der Waals surface area contributed by atoms with Gasteiger partial charge in [-0.3, -0.25) is 4.79 Å². The van der Waals surface area contributed by atoms with Crippen molar-refractivity contribution in [3.63, 3.8) is 0 Å². The van der Waals surface area contributed by atoms with Crippen molar-refractivity contribution in [3.05, 3.63) is 12.2 Å². The minimum Gasteiger partial charge on any atom is -0.394 e. The molecule has 0 heterocycles. The third-order valence-electron chi connectivity index (χ3n) is 8.95. The minimum absolute atomic E-state index is 0.0631. The number of unbranched alkanes of at least 4 members (excludes halogenated alkanes) is 25. The number of rotatable bonds is 34. The first-order valence-electron chi connectivity index (χ1n) is 19.3. The summed E-state index contributed by atoms with van der Waals surface area (Å²) in [7, 11) is 0. The molecule has 0 saturated heterocycles. The molecule has 0 unspecified atom stereocenters. The number of amides is 1. The summed E-state index contributed by atoms with van der Waals surface area (Å²) in [6.45, 7) is 6.64. The maximum absolute atomic E-state index is 12.3. The highest BCUT2D eigenvalue weighted by Gasteiger charge is 2.17. The highest BCUT2D eigenvalue weighted by molar-refractivity contribution is 5.76. The van der Waals surface area contributed by atoms with Crippen molar-refractivity contribution in [2.45, 2.75) is 219 Å². The van der Waals surface area contributed by atoms with Crippen LogP contribution in [0.15, 0.2) is 12.2 Å². The smallest absolute Gasteiger partial charge is 0.220 e. The molecule has 0 rings (SSSR count). The summed E-state index contributed by atoms with van der Waals surface area (Å²) in [6, 6.07) is -0.616. The van der Waals surface area contributed by atoms with Crippen LogP contribution in [0.25, 0.3) is 0 Å². The fourth-order valence-electron chi connectivity index (χ4n) is 5.95. The number of hydrogen-bond acceptors (Lipinski definition) is 3. The molecule has 3 N–H and O–H groups in total. The molecule has 1 amide bonds. The standard InChI is InChI=1S/C39H77NO3/c1-4-5-6-7-8-9-10-11-12-13-14-15-16-17-18-22-25-28-31-34-39(43)40-37(35-41)38(42)33-30-27-24-21-19-20-23-26-29-32-36(2)3/h30,33,36-38,41-42H,4-29,31-32,34-35H2,1-3H3,(H,40,43)/b33-30+/t37-,38+/m0/s1. The molecule has 0 aromatic rings. The van der Waals surface area contributed by atoms with Crippen molar-refractivity contribution in [1.82, 2.24) is 5.32 Å². The van der Waals surface area contributed by atoms with Gasteiger partial charge in [-0.15, -0.1) is 0 Å². The lowest BCUT2D eigenvalue weighted by atomic mass is 10.0. The van der Waals surface area contributed by atoms with Crippen molar-refractivity contribution in [3.8, 4) is 0 Å². The predicted octanol–water partition coefficient (Wildman–Crippen LogP) is 11.4. The Morgan fingerprint density at radius 3 is 1.42 bits per heavy atom. The van der Waals surface area contributed by atoms with Gasteiger partial charge in [-0.2, -0.15) is 0 Å². The average molecular weight is 608 g/mol. The van der Waals surface area contributed by atoms with Crippen molar-refractivity contribution in [1.29, 1.82) is 0 Å². The monoisotopic (exact) mass is 608 g/mol. The van der Waals surface area contributed by atoms with Gasteiger partial charge in [-0.1, -0.05) is 193 Å². The number of carbonyl (C=O) groups is 1. The van der Waals surface area contributed by atoms with Crippen LogP contribution in [0.2, 0.25) is 0 Å². The van der Waals surface area contributed by atoms with E-state index in [2.05, 4.69) is 26.1 Å². The van der Waals surface area contributed by atoms with Gasteiger partial charge in [0.25, 0.3) is 0 Å². The number of hydrogen-bond donors (Lipinski definition) is 3. The Morgan fingerprint density at radius 1 is 0.605 bits per heavy atom. The van der Waals surface area contributed by atoms with E-state index in [0.29, 0.717) is 6.42 Å². The summed E-state index contributed by atoms with van der Waals surface area (Å²) < 4.78 is 0. The van der Waals surface area contributed by atoms with Gasteiger partial charge in [0.1, 0.15) is 0 Å². The fraction of sp³-hybridized carbons (Fsp3) is 0.923. The maximum Gasteiger partial charge on any atom is 0.220 e. The molecule has 0 aromatic carbocycles. The highest BCUT2D eigenvalue weighted by Crippen LogP contribution is 2.15. The molecule has 0 spiro atoms. The molecule has 0 aliphatic carbocycles. The van der Waals surface area contributed by atoms with Crippen molar-refractivity contribution < 1.29 is 15.0 Å². The Labute approximate surface area is 269 Å². The van der Waals surface area contributed by atoms with Gasteiger partial charge in [0, 0.05) is 6.42 Å². The van der Waals surface area contributed by atoms with E-state index in [1.165, 1.54) is 154 Å². The molecule has 4 heteroatoms. The SMILES string of the molecule is CCCCCCCCCCCCCCCCCCCCCC(=O)N[C@@H](CO)[C@H](O)/C=C/CCCCCCCCCC(C)C. The van der Waals surface area contributed by atoms with Gasteiger partial charge >= 0.3 is 0 Å². The van der Waals surface area contributed by atoms with Crippen LogP contribution in [-0.4, -0.2) is 34.9 Å². The fourth-order valence-corrected chi connectivity index (χ4v) is 5.95. The van der Waals surface area contributed by atoms with Crippen LogP contribution < -0.4 is 5.32 Å². The molecule has 256 valence electrons. The van der Waals surface area contributed by atoms with Gasteiger partial charge in [-0.05, 0) is 25.2 Å². The van der Waals surface area contributed by atoms with Crippen LogP contribution in [-0.2, 0) is 4.79 Å². The van der Waals surface area contributed by atoms with Gasteiger partial charge in [-0.25, -0.2) is 0 Å². The first kappa shape index (κ1) is 42.1. The van der Waals surface area contributed by atoms with Crippen LogP contribution in [0.3, 0.4) is 0 Å². The van der Waals surface area contributed by atoms with Crippen LogP contribution in [0.5, 0.6) is 0 Å². The van der Waals surface area contributed by atoms with E-state index >= 15 is 0 Å². The number of allylic oxidation sites excluding steroid dienone is 1. The van der Waals surface area contributed by atoms with Crippen molar-refractivity contribution in [2.75, 3.05) is 6.61 Å². The number of aliphatic hydroxyl groups is 2. The molecule has 43 heavy (non-hydrogen) atoms. The minimum atomic E-state index is -0.833. The molecule has 0 saturated carbocycles. The largest absolute Gasteiger partial charge is 0.394 e. The van der Waals surface area contributed by atoms with E-state index in [1.807, 2.05) is 6.08 Å². The van der Waals surface area contributed by atoms with Crippen LogP contribution >= 0.6 is 0 Å². The lowest BCUT2D eigenvalue weighted by Crippen LogP contribution is -2.45. The number of aliphatic hydroxyl groups excluding tert-OH is 2. The molecule has 0 bridgehead atoms. The molecule has 0 fully saturated rings. The zero-order valence-electron chi connectivity index (χ0n) is 29.4. The zero-order valence-corrected chi connectivity index (χ0v) is 29.4. The molecule has 4 nitrogen and oxygen atoms in total. The molecular weight excluding hydrogens is 530 g/mol. The second-order valence-electron chi connectivity index (χ2n) is 13.8. The van der Waals surface area contributed by atoms with E-state index < -0.39 is 12.1 Å². The van der Waals surface area contributed by atoms with E-state index in [9.17, 15) is 15.0 Å². The second-order valence-corrected chi connectivity index (χ2v) is 13.8. The Morgan fingerprint density at radius 2 is 1.00 bits per heavy atom. The second kappa shape index (κ2) is 34.0. The first-order valence-corrected chi connectivity index (χ1v) is 19.3. The molecular formula is C39H77NO3. The first-order chi connectivity index (χ1) is 21.0. The van der Waals surface area contributed by atoms with Gasteiger partial charge in [0.15, 0.2) is 0 Å². The van der Waals surface area contributed by atoms with Crippen LogP contribution in [0.1, 0.15) is 207 Å². The van der Waals surface area contributed by atoms with Crippen LogP contribution in [0.4, 0.5) is 0 Å². The molecule has 0 radical (unpaired) electrons. The Balaban J connectivity index is 3.55. The summed E-state index contributed by atoms with van der Waals surface area (Å²) in [5.41, 5.74) is 0. The van der Waals surface area contributed by atoms with Crippen molar-refractivity contribution in [2.24, 2.45) is 5.92 Å². The Hall–Kier alpha value is -0.870. The molecule has 0 aliphatic heterocycles.